The lowest BCUT2D eigenvalue weighted by molar-refractivity contribution is -0.384. The van der Waals surface area contributed by atoms with Crippen LogP contribution in [0.15, 0.2) is 91.0 Å². The molecule has 36 heavy (non-hydrogen) atoms. The first-order valence-corrected chi connectivity index (χ1v) is 11.1. The summed E-state index contributed by atoms with van der Waals surface area (Å²) in [5, 5.41) is 11.1. The molecule has 0 amide bonds. The van der Waals surface area contributed by atoms with Gasteiger partial charge in [0.2, 0.25) is 0 Å². The second-order valence-corrected chi connectivity index (χ2v) is 7.55. The van der Waals surface area contributed by atoms with Gasteiger partial charge >= 0.3 is 11.9 Å². The molecule has 3 aromatic rings. The van der Waals surface area contributed by atoms with Crippen LogP contribution in [0.2, 0.25) is 0 Å². The molecule has 8 nitrogen and oxygen atoms in total. The summed E-state index contributed by atoms with van der Waals surface area (Å²) in [6.07, 6.45) is 5.90. The molecule has 0 N–H and O–H groups in total. The van der Waals surface area contributed by atoms with E-state index in [1.165, 1.54) is 25.3 Å². The Kier molecular flexibility index (Phi) is 9.52. The number of non-ortho nitro benzene ring substituents is 1. The van der Waals surface area contributed by atoms with E-state index < -0.39 is 23.0 Å². The summed E-state index contributed by atoms with van der Waals surface area (Å²) >= 11 is 0. The molecule has 0 radical (unpaired) electrons. The minimum atomic E-state index is -0.658. The van der Waals surface area contributed by atoms with Crippen molar-refractivity contribution in [1.82, 2.24) is 0 Å². The van der Waals surface area contributed by atoms with Gasteiger partial charge in [0.15, 0.2) is 0 Å². The standard InChI is InChI=1S/C28H25NO7/c1-34-27(30)17-15-22-9-5-6-13-26(22)35-19-18-25(36-28(31)23-10-3-2-4-11-23)16-14-21-8-7-12-24(20-21)29(32)33/h2-17,20,25H,18-19H2,1H3/b16-14+,17-15+/t25-/m0/s1. The molecule has 0 saturated carbocycles. The van der Waals surface area contributed by atoms with Crippen LogP contribution < -0.4 is 4.74 Å². The molecule has 0 bridgehead atoms. The van der Waals surface area contributed by atoms with Crippen molar-refractivity contribution in [3.8, 4) is 5.75 Å². The third kappa shape index (κ3) is 7.95. The van der Waals surface area contributed by atoms with Crippen molar-refractivity contribution in [2.24, 2.45) is 0 Å². The first-order chi connectivity index (χ1) is 17.5. The fourth-order valence-corrected chi connectivity index (χ4v) is 3.20. The summed E-state index contributed by atoms with van der Waals surface area (Å²) in [6.45, 7) is 0.203. The lowest BCUT2D eigenvalue weighted by Crippen LogP contribution is -2.19. The number of ether oxygens (including phenoxy) is 3. The van der Waals surface area contributed by atoms with Crippen LogP contribution in [0.5, 0.6) is 5.75 Å². The summed E-state index contributed by atoms with van der Waals surface area (Å²) in [4.78, 5) is 34.7. The largest absolute Gasteiger partial charge is 0.493 e. The van der Waals surface area contributed by atoms with Crippen LogP contribution in [0.25, 0.3) is 12.2 Å². The molecular weight excluding hydrogens is 462 g/mol. The maximum atomic E-state index is 12.6. The monoisotopic (exact) mass is 487 g/mol. The molecule has 0 aliphatic rings. The number of esters is 2. The lowest BCUT2D eigenvalue weighted by atomic mass is 10.1. The third-order valence-corrected chi connectivity index (χ3v) is 5.03. The van der Waals surface area contributed by atoms with E-state index in [-0.39, 0.29) is 12.3 Å². The van der Waals surface area contributed by atoms with E-state index in [4.69, 9.17) is 9.47 Å². The Morgan fingerprint density at radius 2 is 1.72 bits per heavy atom. The molecule has 184 valence electrons. The number of carbonyl (C=O) groups excluding carboxylic acids is 2. The van der Waals surface area contributed by atoms with Gasteiger partial charge < -0.3 is 14.2 Å². The number of hydrogen-bond acceptors (Lipinski definition) is 7. The van der Waals surface area contributed by atoms with Crippen molar-refractivity contribution < 1.29 is 28.7 Å². The van der Waals surface area contributed by atoms with Crippen LogP contribution in [0.1, 0.15) is 27.9 Å². The molecule has 3 rings (SSSR count). The Labute approximate surface area is 208 Å². The zero-order valence-corrected chi connectivity index (χ0v) is 19.6. The van der Waals surface area contributed by atoms with Crippen molar-refractivity contribution in [3.05, 3.63) is 118 Å². The SMILES string of the molecule is COC(=O)/C=C/c1ccccc1OCC[C@H](/C=C/c1cccc([N+](=O)[O-])c1)OC(=O)c1ccccc1. The average molecular weight is 488 g/mol. The number of benzene rings is 3. The van der Waals surface area contributed by atoms with Crippen LogP contribution >= 0.6 is 0 Å². The molecule has 0 spiro atoms. The van der Waals surface area contributed by atoms with Gasteiger partial charge in [-0.3, -0.25) is 10.1 Å². The minimum absolute atomic E-state index is 0.0325. The molecule has 0 aliphatic carbocycles. The molecule has 0 unspecified atom stereocenters. The van der Waals surface area contributed by atoms with Gasteiger partial charge in [0, 0.05) is 30.2 Å². The van der Waals surface area contributed by atoms with Gasteiger partial charge in [0.05, 0.1) is 24.2 Å². The maximum absolute atomic E-state index is 12.6. The number of para-hydroxylation sites is 1. The van der Waals surface area contributed by atoms with E-state index in [1.807, 2.05) is 6.07 Å². The minimum Gasteiger partial charge on any atom is -0.493 e. The smallest absolute Gasteiger partial charge is 0.338 e. The quantitative estimate of drug-likeness (QED) is 0.152. The van der Waals surface area contributed by atoms with Gasteiger partial charge in [0.25, 0.3) is 5.69 Å². The normalized spacial score (nSPS) is 11.8. The van der Waals surface area contributed by atoms with Crippen molar-refractivity contribution >= 4 is 29.8 Å². The van der Waals surface area contributed by atoms with E-state index >= 15 is 0 Å². The fraction of sp³-hybridized carbons (Fsp3) is 0.143. The summed E-state index contributed by atoms with van der Waals surface area (Å²) in [5.41, 5.74) is 1.66. The fourth-order valence-electron chi connectivity index (χ4n) is 3.20. The summed E-state index contributed by atoms with van der Waals surface area (Å²) in [7, 11) is 1.30. The molecule has 0 aliphatic heterocycles. The van der Waals surface area contributed by atoms with Crippen molar-refractivity contribution in [3.63, 3.8) is 0 Å². The second kappa shape index (κ2) is 13.2. The molecule has 3 aromatic carbocycles. The zero-order chi connectivity index (χ0) is 25.8. The molecule has 0 saturated heterocycles. The van der Waals surface area contributed by atoms with E-state index in [2.05, 4.69) is 4.74 Å². The number of nitro benzene ring substituents is 1. The molecule has 0 aromatic heterocycles. The van der Waals surface area contributed by atoms with Crippen LogP contribution in [-0.2, 0) is 14.3 Å². The molecule has 8 heteroatoms. The van der Waals surface area contributed by atoms with E-state index in [1.54, 1.807) is 78.9 Å². The Balaban J connectivity index is 1.73. The van der Waals surface area contributed by atoms with Crippen LogP contribution in [0.3, 0.4) is 0 Å². The Bertz CT molecular complexity index is 1250. The first kappa shape index (κ1) is 25.9. The number of methoxy groups -OCH3 is 1. The number of carbonyl (C=O) groups is 2. The van der Waals surface area contributed by atoms with Gasteiger partial charge in [-0.2, -0.15) is 0 Å². The summed E-state index contributed by atoms with van der Waals surface area (Å²) in [6, 6.07) is 21.9. The van der Waals surface area contributed by atoms with Crippen LogP contribution in [0, 0.1) is 10.1 Å². The van der Waals surface area contributed by atoms with E-state index in [9.17, 15) is 19.7 Å². The maximum Gasteiger partial charge on any atom is 0.338 e. The Morgan fingerprint density at radius 1 is 0.972 bits per heavy atom. The van der Waals surface area contributed by atoms with Gasteiger partial charge in [-0.25, -0.2) is 9.59 Å². The predicted molar refractivity (Wildman–Crippen MR) is 135 cm³/mol. The van der Waals surface area contributed by atoms with Gasteiger partial charge in [-0.1, -0.05) is 54.6 Å². The highest BCUT2D eigenvalue weighted by Crippen LogP contribution is 2.21. The van der Waals surface area contributed by atoms with E-state index in [0.717, 1.165) is 0 Å². The Morgan fingerprint density at radius 3 is 2.47 bits per heavy atom. The first-order valence-electron chi connectivity index (χ1n) is 11.1. The van der Waals surface area contributed by atoms with Gasteiger partial charge in [-0.05, 0) is 35.9 Å². The molecule has 1 atom stereocenters. The highest BCUT2D eigenvalue weighted by Gasteiger charge is 2.15. The van der Waals surface area contributed by atoms with Gasteiger partial charge in [0.1, 0.15) is 11.9 Å². The highest BCUT2D eigenvalue weighted by molar-refractivity contribution is 5.89. The van der Waals surface area contributed by atoms with Crippen molar-refractivity contribution in [2.75, 3.05) is 13.7 Å². The number of hydrogen-bond donors (Lipinski definition) is 0. The average Bonchev–Trinajstić information content (AvgIpc) is 2.91. The topological polar surface area (TPSA) is 105 Å². The molecular formula is C28H25NO7. The predicted octanol–water partition coefficient (Wildman–Crippen LogP) is 5.49. The summed E-state index contributed by atoms with van der Waals surface area (Å²) in [5.74, 6) is -0.428. The van der Waals surface area contributed by atoms with Gasteiger partial charge in [-0.15, -0.1) is 0 Å². The van der Waals surface area contributed by atoms with Crippen LogP contribution in [-0.4, -0.2) is 36.7 Å². The second-order valence-electron chi connectivity index (χ2n) is 7.55. The Hall–Kier alpha value is -4.72. The molecule has 0 heterocycles. The number of nitro groups is 1. The molecule has 0 fully saturated rings. The van der Waals surface area contributed by atoms with E-state index in [0.29, 0.717) is 28.9 Å². The lowest BCUT2D eigenvalue weighted by Gasteiger charge is -2.16. The number of nitrogens with zero attached hydrogens (tertiary/aromatic N) is 1. The van der Waals surface area contributed by atoms with Crippen molar-refractivity contribution in [2.45, 2.75) is 12.5 Å². The van der Waals surface area contributed by atoms with Crippen LogP contribution in [0.4, 0.5) is 5.69 Å². The number of rotatable bonds is 11. The third-order valence-electron chi connectivity index (χ3n) is 5.03. The summed E-state index contributed by atoms with van der Waals surface area (Å²) < 4.78 is 16.2. The zero-order valence-electron chi connectivity index (χ0n) is 19.6. The van der Waals surface area contributed by atoms with Crippen molar-refractivity contribution in [1.29, 1.82) is 0 Å². The highest BCUT2D eigenvalue weighted by atomic mass is 16.6.